The van der Waals surface area contributed by atoms with Crippen LogP contribution in [0.4, 0.5) is 0 Å². The van der Waals surface area contributed by atoms with Crippen molar-refractivity contribution >= 4 is 17.7 Å². The van der Waals surface area contributed by atoms with Gasteiger partial charge in [-0.3, -0.25) is 9.69 Å². The van der Waals surface area contributed by atoms with Gasteiger partial charge in [0.05, 0.1) is 0 Å². The summed E-state index contributed by atoms with van der Waals surface area (Å²) in [6.07, 6.45) is 2.36. The van der Waals surface area contributed by atoms with Gasteiger partial charge in [-0.1, -0.05) is 17.8 Å². The monoisotopic (exact) mass is 378 g/mol. The van der Waals surface area contributed by atoms with E-state index in [9.17, 15) is 4.79 Å². The average molecular weight is 379 g/mol. The molecule has 3 aliphatic heterocycles. The number of rotatable bonds is 4. The summed E-state index contributed by atoms with van der Waals surface area (Å²) in [5.74, 6) is 0.601. The maximum Gasteiger partial charge on any atom is 0.251 e. The zero-order chi connectivity index (χ0) is 18.8. The fraction of sp³-hybridized carbons (Fsp3) is 0.381. The van der Waals surface area contributed by atoms with Crippen molar-refractivity contribution in [2.45, 2.75) is 41.8 Å². The van der Waals surface area contributed by atoms with Gasteiger partial charge in [0.2, 0.25) is 0 Å². The fourth-order valence-corrected chi connectivity index (χ4v) is 4.91. The summed E-state index contributed by atoms with van der Waals surface area (Å²) < 4.78 is 0. The first-order chi connectivity index (χ1) is 13.1. The molecule has 3 aliphatic rings. The standard InChI is InChI=1S/C21H22N4OS/c1-14-20(15-9-11-25(14)12-10-15)24-21(26)16-5-7-18(8-6-16)27-19-4-2-3-17(13-22)23-19/h2-8,14-15,20H,9-12H2,1H3,(H,24,26)/t14-,20+/m1/s1. The van der Waals surface area contributed by atoms with Gasteiger partial charge in [-0.05, 0) is 75.2 Å². The Kier molecular flexibility index (Phi) is 5.15. The summed E-state index contributed by atoms with van der Waals surface area (Å²) in [5.41, 5.74) is 1.09. The molecule has 27 heavy (non-hydrogen) atoms. The number of pyridine rings is 1. The van der Waals surface area contributed by atoms with E-state index in [0.717, 1.165) is 23.0 Å². The molecule has 6 heteroatoms. The van der Waals surface area contributed by atoms with Crippen molar-refractivity contribution < 1.29 is 4.79 Å². The lowest BCUT2D eigenvalue weighted by Crippen LogP contribution is -2.62. The van der Waals surface area contributed by atoms with Crippen molar-refractivity contribution in [1.29, 1.82) is 5.26 Å². The minimum Gasteiger partial charge on any atom is -0.347 e. The van der Waals surface area contributed by atoms with E-state index in [1.807, 2.05) is 36.4 Å². The average Bonchev–Trinajstić information content (AvgIpc) is 2.71. The molecule has 0 spiro atoms. The highest BCUT2D eigenvalue weighted by Gasteiger charge is 2.40. The Morgan fingerprint density at radius 1 is 1.22 bits per heavy atom. The maximum absolute atomic E-state index is 12.7. The first-order valence-corrected chi connectivity index (χ1v) is 10.2. The molecule has 0 saturated carbocycles. The molecule has 0 aliphatic carbocycles. The van der Waals surface area contributed by atoms with Crippen LogP contribution in [0.1, 0.15) is 35.8 Å². The quantitative estimate of drug-likeness (QED) is 0.884. The zero-order valence-electron chi connectivity index (χ0n) is 15.3. The van der Waals surface area contributed by atoms with Crippen molar-refractivity contribution in [2.24, 2.45) is 5.92 Å². The molecule has 5 rings (SSSR count). The van der Waals surface area contributed by atoms with Crippen molar-refractivity contribution in [3.63, 3.8) is 0 Å². The highest BCUT2D eigenvalue weighted by molar-refractivity contribution is 7.99. The van der Waals surface area contributed by atoms with Gasteiger partial charge >= 0.3 is 0 Å². The van der Waals surface area contributed by atoms with Gasteiger partial charge in [0.25, 0.3) is 5.91 Å². The van der Waals surface area contributed by atoms with Crippen molar-refractivity contribution in [1.82, 2.24) is 15.2 Å². The largest absolute Gasteiger partial charge is 0.347 e. The lowest BCUT2D eigenvalue weighted by atomic mass is 9.79. The van der Waals surface area contributed by atoms with E-state index < -0.39 is 0 Å². The molecule has 2 bridgehead atoms. The first kappa shape index (κ1) is 18.0. The summed E-state index contributed by atoms with van der Waals surface area (Å²) in [5, 5.41) is 13.0. The molecule has 2 aromatic rings. The van der Waals surface area contributed by atoms with Gasteiger partial charge in [0.15, 0.2) is 0 Å². The minimum absolute atomic E-state index is 0.00162. The van der Waals surface area contributed by atoms with Gasteiger partial charge in [0, 0.05) is 22.5 Å². The number of nitriles is 1. The van der Waals surface area contributed by atoms with Crippen LogP contribution in [-0.2, 0) is 0 Å². The second-order valence-electron chi connectivity index (χ2n) is 7.21. The van der Waals surface area contributed by atoms with Crippen molar-refractivity contribution in [3.8, 4) is 6.07 Å². The molecule has 1 amide bonds. The molecule has 3 fully saturated rings. The van der Waals surface area contributed by atoms with Crippen LogP contribution in [0.15, 0.2) is 52.4 Å². The molecule has 2 atom stereocenters. The number of carbonyl (C=O) groups excluding carboxylic acids is 1. The smallest absolute Gasteiger partial charge is 0.251 e. The van der Waals surface area contributed by atoms with E-state index in [0.29, 0.717) is 23.2 Å². The number of nitrogens with zero attached hydrogens (tertiary/aromatic N) is 3. The van der Waals surface area contributed by atoms with E-state index in [-0.39, 0.29) is 11.9 Å². The lowest BCUT2D eigenvalue weighted by molar-refractivity contribution is 0.0217. The highest BCUT2D eigenvalue weighted by atomic mass is 32.2. The van der Waals surface area contributed by atoms with Crippen LogP contribution in [-0.4, -0.2) is 41.0 Å². The van der Waals surface area contributed by atoms with Crippen LogP contribution in [0, 0.1) is 17.2 Å². The second kappa shape index (κ2) is 7.71. The summed E-state index contributed by atoms with van der Waals surface area (Å²) in [7, 11) is 0. The second-order valence-corrected chi connectivity index (χ2v) is 8.31. The molecular weight excluding hydrogens is 356 g/mol. The topological polar surface area (TPSA) is 69.0 Å². The Labute approximate surface area is 163 Å². The molecule has 0 unspecified atom stereocenters. The van der Waals surface area contributed by atoms with Gasteiger partial charge in [-0.2, -0.15) is 5.26 Å². The molecule has 0 radical (unpaired) electrons. The molecule has 3 saturated heterocycles. The van der Waals surface area contributed by atoms with Crippen LogP contribution in [0.5, 0.6) is 0 Å². The highest BCUT2D eigenvalue weighted by Crippen LogP contribution is 2.32. The number of aromatic nitrogens is 1. The Bertz CT molecular complexity index is 866. The minimum atomic E-state index is 0.00162. The van der Waals surface area contributed by atoms with E-state index in [2.05, 4.69) is 28.2 Å². The van der Waals surface area contributed by atoms with E-state index in [4.69, 9.17) is 5.26 Å². The number of amides is 1. The van der Waals surface area contributed by atoms with Crippen LogP contribution in [0.25, 0.3) is 0 Å². The van der Waals surface area contributed by atoms with Crippen LogP contribution in [0.2, 0.25) is 0 Å². The van der Waals surface area contributed by atoms with Crippen molar-refractivity contribution in [2.75, 3.05) is 13.1 Å². The predicted octanol–water partition coefficient (Wildman–Crippen LogP) is 3.32. The van der Waals surface area contributed by atoms with Crippen LogP contribution < -0.4 is 5.32 Å². The summed E-state index contributed by atoms with van der Waals surface area (Å²) in [6.45, 7) is 4.54. The molecule has 1 aromatic heterocycles. The third-order valence-electron chi connectivity index (χ3n) is 5.65. The normalized spacial score (nSPS) is 26.4. The first-order valence-electron chi connectivity index (χ1n) is 9.34. The van der Waals surface area contributed by atoms with Gasteiger partial charge < -0.3 is 5.32 Å². The Hall–Kier alpha value is -2.36. The van der Waals surface area contributed by atoms with Crippen LogP contribution >= 0.6 is 11.8 Å². The maximum atomic E-state index is 12.7. The number of carbonyl (C=O) groups is 1. The molecular formula is C21H22N4OS. The molecule has 5 nitrogen and oxygen atoms in total. The van der Waals surface area contributed by atoms with E-state index >= 15 is 0 Å². The molecule has 138 valence electrons. The molecule has 1 N–H and O–H groups in total. The zero-order valence-corrected chi connectivity index (χ0v) is 16.1. The molecule has 1 aromatic carbocycles. The number of piperidine rings is 3. The molecule has 4 heterocycles. The predicted molar refractivity (Wildman–Crippen MR) is 105 cm³/mol. The lowest BCUT2D eigenvalue weighted by Gasteiger charge is -2.49. The number of benzene rings is 1. The van der Waals surface area contributed by atoms with Crippen molar-refractivity contribution in [3.05, 3.63) is 53.7 Å². The van der Waals surface area contributed by atoms with Crippen LogP contribution in [0.3, 0.4) is 0 Å². The SMILES string of the molecule is C[C@@H]1[C@H](NC(=O)c2ccc(Sc3cccc(C#N)n3)cc2)C2CCN1CC2. The number of nitrogens with one attached hydrogen (secondary N) is 1. The van der Waals surface area contributed by atoms with Gasteiger partial charge in [-0.15, -0.1) is 0 Å². The number of hydrogen-bond donors (Lipinski definition) is 1. The number of hydrogen-bond acceptors (Lipinski definition) is 5. The van der Waals surface area contributed by atoms with E-state index in [1.165, 1.54) is 24.6 Å². The third-order valence-corrected chi connectivity index (χ3v) is 6.60. The Morgan fingerprint density at radius 2 is 1.96 bits per heavy atom. The third kappa shape index (κ3) is 3.85. The summed E-state index contributed by atoms with van der Waals surface area (Å²) in [4.78, 5) is 20.4. The van der Waals surface area contributed by atoms with E-state index in [1.54, 1.807) is 6.07 Å². The van der Waals surface area contributed by atoms with Gasteiger partial charge in [-0.25, -0.2) is 4.98 Å². The van der Waals surface area contributed by atoms with Gasteiger partial charge in [0.1, 0.15) is 16.8 Å². The Morgan fingerprint density at radius 3 is 2.63 bits per heavy atom. The summed E-state index contributed by atoms with van der Waals surface area (Å²) >= 11 is 1.48. The summed E-state index contributed by atoms with van der Waals surface area (Å²) in [6, 6.07) is 15.7. The fourth-order valence-electron chi connectivity index (χ4n) is 4.11. The number of fused-ring (bicyclic) bond motifs is 3. The Balaban J connectivity index is 1.41.